The molecule has 0 unspecified atom stereocenters. The third kappa shape index (κ3) is 5.45. The number of rotatable bonds is 7. The molecule has 0 bridgehead atoms. The van der Waals surface area contributed by atoms with Crippen molar-refractivity contribution in [2.75, 3.05) is 7.11 Å². The van der Waals surface area contributed by atoms with E-state index >= 15 is 0 Å². The smallest absolute Gasteiger partial charge is 0.262 e. The summed E-state index contributed by atoms with van der Waals surface area (Å²) in [6.07, 6.45) is 0. The predicted molar refractivity (Wildman–Crippen MR) is 166 cm³/mol. The fourth-order valence-corrected chi connectivity index (χ4v) is 5.47. The van der Waals surface area contributed by atoms with E-state index in [-0.39, 0.29) is 49.4 Å². The Morgan fingerprint density at radius 2 is 1.31 bits per heavy atom. The van der Waals surface area contributed by atoms with Gasteiger partial charge in [-0.1, -0.05) is 40.9 Å². The highest BCUT2D eigenvalue weighted by Gasteiger charge is 2.33. The van der Waals surface area contributed by atoms with Crippen molar-refractivity contribution in [2.24, 2.45) is 28.2 Å². The number of aromatic hydroxyl groups is 2. The summed E-state index contributed by atoms with van der Waals surface area (Å²) in [5, 5.41) is 23.2. The molecule has 42 heavy (non-hydrogen) atoms. The Balaban J connectivity index is 2.01. The minimum Gasteiger partial charge on any atom is -0.494 e. The van der Waals surface area contributed by atoms with Gasteiger partial charge in [0.2, 0.25) is 11.8 Å². The minimum atomic E-state index is -1.35. The van der Waals surface area contributed by atoms with Crippen LogP contribution in [0.25, 0.3) is 0 Å². The number of ether oxygens (including phenoxy) is 2. The Kier molecular flexibility index (Phi) is 9.14. The maximum atomic E-state index is 13.6. The maximum Gasteiger partial charge on any atom is 0.262 e. The van der Waals surface area contributed by atoms with E-state index < -0.39 is 28.8 Å². The lowest BCUT2D eigenvalue weighted by atomic mass is 9.86. The van der Waals surface area contributed by atoms with Gasteiger partial charge in [-0.3, -0.25) is 27.9 Å². The van der Waals surface area contributed by atoms with E-state index in [0.29, 0.717) is 15.6 Å². The number of hydrogen-bond acceptors (Lipinski definition) is 8. The molecule has 0 saturated heterocycles. The van der Waals surface area contributed by atoms with Crippen molar-refractivity contribution < 1.29 is 19.7 Å². The van der Waals surface area contributed by atoms with Gasteiger partial charge in [-0.15, -0.1) is 0 Å². The highest BCUT2D eigenvalue weighted by Crippen LogP contribution is 2.44. The van der Waals surface area contributed by atoms with Crippen molar-refractivity contribution in [1.29, 1.82) is 0 Å². The molecule has 2 aromatic heterocycles. The fraction of sp³-hybridized carbons (Fsp3) is 0.259. The van der Waals surface area contributed by atoms with Gasteiger partial charge >= 0.3 is 0 Å². The average Bonchev–Trinajstić information content (AvgIpc) is 2.96. The first kappa shape index (κ1) is 31.6. The van der Waals surface area contributed by atoms with Crippen molar-refractivity contribution in [1.82, 2.24) is 18.3 Å². The maximum absolute atomic E-state index is 13.6. The molecule has 0 saturated carbocycles. The Labute approximate surface area is 265 Å². The molecule has 2 aromatic carbocycles. The standard InChI is InChI=1S/C27H25Cl3N4O6S2/c1-31-22(35)19(23(36)32(2)26(31)41)18(20-24(37)33(3)27(42)34(4)25(20)38)13-9-16(30)21(17(10-13)39-5)40-11-12-6-7-14(28)15(29)8-12/h6-10,18,35,37H,11H2,1-5H3. The minimum absolute atomic E-state index is 0.0326. The van der Waals surface area contributed by atoms with Crippen molar-refractivity contribution >= 4 is 59.2 Å². The van der Waals surface area contributed by atoms with Crippen LogP contribution in [0.2, 0.25) is 15.1 Å². The van der Waals surface area contributed by atoms with E-state index in [0.717, 1.165) is 9.13 Å². The second kappa shape index (κ2) is 12.1. The summed E-state index contributed by atoms with van der Waals surface area (Å²) in [7, 11) is 7.19. The van der Waals surface area contributed by atoms with Crippen LogP contribution < -0.4 is 20.6 Å². The molecule has 222 valence electrons. The first-order valence-corrected chi connectivity index (χ1v) is 14.1. The second-order valence-corrected chi connectivity index (χ2v) is 11.3. The van der Waals surface area contributed by atoms with E-state index in [4.69, 9.17) is 68.7 Å². The second-order valence-electron chi connectivity index (χ2n) is 9.39. The third-order valence-corrected chi connectivity index (χ3v) is 8.98. The molecular weight excluding hydrogens is 647 g/mol. The lowest BCUT2D eigenvalue weighted by Crippen LogP contribution is -2.33. The Morgan fingerprint density at radius 3 is 1.79 bits per heavy atom. The van der Waals surface area contributed by atoms with Gasteiger partial charge in [0.1, 0.15) is 6.61 Å². The summed E-state index contributed by atoms with van der Waals surface area (Å²) in [5.41, 5.74) is -0.919. The zero-order valence-electron chi connectivity index (χ0n) is 22.9. The van der Waals surface area contributed by atoms with E-state index in [2.05, 4.69) is 0 Å². The van der Waals surface area contributed by atoms with Crippen LogP contribution >= 0.6 is 59.2 Å². The number of benzene rings is 2. The van der Waals surface area contributed by atoms with E-state index in [1.54, 1.807) is 18.2 Å². The molecule has 10 nitrogen and oxygen atoms in total. The number of halogens is 3. The summed E-state index contributed by atoms with van der Waals surface area (Å²) < 4.78 is 16.3. The Morgan fingerprint density at radius 1 is 0.786 bits per heavy atom. The molecular formula is C27H25Cl3N4O6S2. The molecule has 0 aliphatic carbocycles. The van der Waals surface area contributed by atoms with Crippen molar-refractivity contribution in [2.45, 2.75) is 12.5 Å². The number of methoxy groups -OCH3 is 1. The van der Waals surface area contributed by atoms with Crippen LogP contribution in [0, 0.1) is 9.54 Å². The highest BCUT2D eigenvalue weighted by molar-refractivity contribution is 7.71. The molecule has 0 aliphatic heterocycles. The van der Waals surface area contributed by atoms with Crippen molar-refractivity contribution in [3.05, 3.63) is 97.9 Å². The monoisotopic (exact) mass is 670 g/mol. The first-order chi connectivity index (χ1) is 19.7. The average molecular weight is 672 g/mol. The highest BCUT2D eigenvalue weighted by atomic mass is 35.5. The SMILES string of the molecule is COc1cc(C(c2c(O)n(C)c(=S)n(C)c2=O)c2c(O)n(C)c(=S)n(C)c2=O)cc(Cl)c1OCc1ccc(Cl)c(Cl)c1. The predicted octanol–water partition coefficient (Wildman–Crippen LogP) is 5.36. The molecule has 0 aliphatic rings. The largest absolute Gasteiger partial charge is 0.494 e. The molecule has 4 rings (SSSR count). The summed E-state index contributed by atoms with van der Waals surface area (Å²) in [5.74, 6) is -2.03. The molecule has 0 fully saturated rings. The van der Waals surface area contributed by atoms with Crippen LogP contribution in [0.4, 0.5) is 0 Å². The van der Waals surface area contributed by atoms with Crippen LogP contribution in [-0.4, -0.2) is 35.6 Å². The molecule has 0 spiro atoms. The van der Waals surface area contributed by atoms with Gasteiger partial charge in [0.15, 0.2) is 21.0 Å². The van der Waals surface area contributed by atoms with Gasteiger partial charge in [-0.05, 0) is 59.8 Å². The first-order valence-electron chi connectivity index (χ1n) is 12.1. The van der Waals surface area contributed by atoms with Gasteiger partial charge in [0, 0.05) is 28.2 Å². The molecule has 0 amide bonds. The topological polar surface area (TPSA) is 113 Å². The van der Waals surface area contributed by atoms with E-state index in [1.807, 2.05) is 0 Å². The number of aromatic nitrogens is 4. The van der Waals surface area contributed by atoms with Crippen LogP contribution in [-0.2, 0) is 34.8 Å². The van der Waals surface area contributed by atoms with Gasteiger partial charge < -0.3 is 19.7 Å². The van der Waals surface area contributed by atoms with Gasteiger partial charge in [-0.25, -0.2) is 0 Å². The Bertz CT molecular complexity index is 1900. The van der Waals surface area contributed by atoms with Gasteiger partial charge in [0.25, 0.3) is 11.1 Å². The zero-order valence-corrected chi connectivity index (χ0v) is 26.8. The summed E-state index contributed by atoms with van der Waals surface area (Å²) in [6.45, 7) is 0.0602. The normalized spacial score (nSPS) is 11.3. The van der Waals surface area contributed by atoms with Crippen molar-refractivity contribution in [3.8, 4) is 23.3 Å². The summed E-state index contributed by atoms with van der Waals surface area (Å²) >= 11 is 29.4. The fourth-order valence-electron chi connectivity index (χ4n) is 4.53. The lowest BCUT2D eigenvalue weighted by molar-refractivity contribution is 0.284. The molecule has 2 heterocycles. The quantitative estimate of drug-likeness (QED) is 0.253. The molecule has 0 atom stereocenters. The van der Waals surface area contributed by atoms with Crippen LogP contribution in [0.15, 0.2) is 39.9 Å². The van der Waals surface area contributed by atoms with Gasteiger partial charge in [0.05, 0.1) is 39.2 Å². The van der Waals surface area contributed by atoms with Gasteiger partial charge in [-0.2, -0.15) is 0 Å². The number of nitrogens with zero attached hydrogens (tertiary/aromatic N) is 4. The van der Waals surface area contributed by atoms with Crippen LogP contribution in [0.5, 0.6) is 23.3 Å². The summed E-state index contributed by atoms with van der Waals surface area (Å²) in [6, 6.07) is 7.98. The Hall–Kier alpha value is -3.29. The van der Waals surface area contributed by atoms with E-state index in [9.17, 15) is 19.8 Å². The number of hydrogen-bond donors (Lipinski definition) is 2. The lowest BCUT2D eigenvalue weighted by Gasteiger charge is -2.24. The molecule has 2 N–H and O–H groups in total. The summed E-state index contributed by atoms with van der Waals surface area (Å²) in [4.78, 5) is 27.2. The third-order valence-electron chi connectivity index (χ3n) is 6.86. The van der Waals surface area contributed by atoms with Crippen LogP contribution in [0.1, 0.15) is 28.2 Å². The molecule has 15 heteroatoms. The molecule has 0 radical (unpaired) electrons. The van der Waals surface area contributed by atoms with Crippen molar-refractivity contribution in [3.63, 3.8) is 0 Å². The van der Waals surface area contributed by atoms with E-state index in [1.165, 1.54) is 56.6 Å². The molecule has 4 aromatic rings. The zero-order chi connectivity index (χ0) is 31.2. The van der Waals surface area contributed by atoms with Crippen LogP contribution in [0.3, 0.4) is 0 Å².